The standard InChI is InChI=1S/C12H22N4O/c1-9(2)7-12(3,8-13)16-11-14-6-5-10(15-11)17-4/h5-6,9H,7-8,13H2,1-4H3,(H,14,15,16). The molecule has 0 fully saturated rings. The lowest BCUT2D eigenvalue weighted by molar-refractivity contribution is 0.390. The van der Waals surface area contributed by atoms with Gasteiger partial charge in [0.15, 0.2) is 0 Å². The molecule has 0 saturated heterocycles. The van der Waals surface area contributed by atoms with E-state index in [1.165, 1.54) is 0 Å². The van der Waals surface area contributed by atoms with Crippen LogP contribution in [-0.4, -0.2) is 29.2 Å². The number of anilines is 1. The Hall–Kier alpha value is -1.36. The Labute approximate surface area is 103 Å². The maximum Gasteiger partial charge on any atom is 0.226 e. The molecule has 0 aliphatic heterocycles. The van der Waals surface area contributed by atoms with E-state index < -0.39 is 0 Å². The minimum Gasteiger partial charge on any atom is -0.481 e. The maximum absolute atomic E-state index is 5.82. The van der Waals surface area contributed by atoms with E-state index >= 15 is 0 Å². The zero-order valence-corrected chi connectivity index (χ0v) is 11.0. The highest BCUT2D eigenvalue weighted by Gasteiger charge is 2.24. The molecule has 5 heteroatoms. The fraction of sp³-hybridized carbons (Fsp3) is 0.667. The van der Waals surface area contributed by atoms with Crippen LogP contribution in [0.2, 0.25) is 0 Å². The monoisotopic (exact) mass is 238 g/mol. The van der Waals surface area contributed by atoms with Gasteiger partial charge in [0.2, 0.25) is 11.8 Å². The van der Waals surface area contributed by atoms with Gasteiger partial charge < -0.3 is 15.8 Å². The fourth-order valence-corrected chi connectivity index (χ4v) is 1.87. The smallest absolute Gasteiger partial charge is 0.226 e. The van der Waals surface area contributed by atoms with Gasteiger partial charge in [0.25, 0.3) is 0 Å². The predicted octanol–water partition coefficient (Wildman–Crippen LogP) is 1.66. The van der Waals surface area contributed by atoms with E-state index in [0.29, 0.717) is 24.3 Å². The molecule has 5 nitrogen and oxygen atoms in total. The molecule has 0 radical (unpaired) electrons. The molecule has 1 aromatic rings. The van der Waals surface area contributed by atoms with Crippen LogP contribution in [0.1, 0.15) is 27.2 Å². The molecule has 0 spiro atoms. The highest BCUT2D eigenvalue weighted by molar-refractivity contribution is 5.31. The highest BCUT2D eigenvalue weighted by atomic mass is 16.5. The van der Waals surface area contributed by atoms with Crippen molar-refractivity contribution in [2.75, 3.05) is 19.0 Å². The molecule has 1 atom stereocenters. The molecule has 0 aliphatic rings. The Morgan fingerprint density at radius 3 is 2.76 bits per heavy atom. The van der Waals surface area contributed by atoms with Crippen molar-refractivity contribution in [2.24, 2.45) is 11.7 Å². The lowest BCUT2D eigenvalue weighted by Gasteiger charge is -2.31. The van der Waals surface area contributed by atoms with Gasteiger partial charge in [0.05, 0.1) is 7.11 Å². The van der Waals surface area contributed by atoms with Crippen molar-refractivity contribution >= 4 is 5.95 Å². The van der Waals surface area contributed by atoms with Crippen LogP contribution in [0.5, 0.6) is 5.88 Å². The van der Waals surface area contributed by atoms with Crippen LogP contribution in [0.3, 0.4) is 0 Å². The van der Waals surface area contributed by atoms with E-state index in [0.717, 1.165) is 6.42 Å². The van der Waals surface area contributed by atoms with Gasteiger partial charge in [-0.05, 0) is 19.3 Å². The summed E-state index contributed by atoms with van der Waals surface area (Å²) in [5.74, 6) is 1.66. The van der Waals surface area contributed by atoms with E-state index in [2.05, 4.69) is 36.1 Å². The molecular weight excluding hydrogens is 216 g/mol. The van der Waals surface area contributed by atoms with Crippen molar-refractivity contribution < 1.29 is 4.74 Å². The lowest BCUT2D eigenvalue weighted by atomic mass is 9.91. The Balaban J connectivity index is 2.79. The van der Waals surface area contributed by atoms with Crippen LogP contribution in [-0.2, 0) is 0 Å². The number of nitrogens with zero attached hydrogens (tertiary/aromatic N) is 2. The second-order valence-electron chi connectivity index (χ2n) is 4.91. The van der Waals surface area contributed by atoms with E-state index in [1.54, 1.807) is 19.4 Å². The molecule has 1 unspecified atom stereocenters. The summed E-state index contributed by atoms with van der Waals surface area (Å²) >= 11 is 0. The average Bonchev–Trinajstić information content (AvgIpc) is 2.28. The summed E-state index contributed by atoms with van der Waals surface area (Å²) in [6.07, 6.45) is 2.63. The van der Waals surface area contributed by atoms with Crippen molar-refractivity contribution in [2.45, 2.75) is 32.7 Å². The first-order chi connectivity index (χ1) is 7.99. The summed E-state index contributed by atoms with van der Waals surface area (Å²) in [7, 11) is 1.59. The molecule has 0 bridgehead atoms. The summed E-state index contributed by atoms with van der Waals surface area (Å²) in [4.78, 5) is 8.40. The van der Waals surface area contributed by atoms with Gasteiger partial charge in [-0.3, -0.25) is 0 Å². The summed E-state index contributed by atoms with van der Waals surface area (Å²) in [5, 5.41) is 3.28. The molecule has 0 aromatic carbocycles. The Morgan fingerprint density at radius 2 is 2.24 bits per heavy atom. The topological polar surface area (TPSA) is 73.1 Å². The van der Waals surface area contributed by atoms with E-state index in [-0.39, 0.29) is 5.54 Å². The summed E-state index contributed by atoms with van der Waals surface area (Å²) in [5.41, 5.74) is 5.63. The predicted molar refractivity (Wildman–Crippen MR) is 69.1 cm³/mol. The van der Waals surface area contributed by atoms with Crippen LogP contribution in [0.15, 0.2) is 12.3 Å². The maximum atomic E-state index is 5.82. The first-order valence-corrected chi connectivity index (χ1v) is 5.84. The number of nitrogens with one attached hydrogen (secondary N) is 1. The van der Waals surface area contributed by atoms with Crippen molar-refractivity contribution in [3.05, 3.63) is 12.3 Å². The Morgan fingerprint density at radius 1 is 1.53 bits per heavy atom. The minimum atomic E-state index is -0.194. The first kappa shape index (κ1) is 13.7. The van der Waals surface area contributed by atoms with Gasteiger partial charge in [-0.2, -0.15) is 4.98 Å². The van der Waals surface area contributed by atoms with Crippen molar-refractivity contribution in [1.82, 2.24) is 9.97 Å². The molecule has 1 heterocycles. The number of hydrogen-bond donors (Lipinski definition) is 2. The second-order valence-corrected chi connectivity index (χ2v) is 4.91. The summed E-state index contributed by atoms with van der Waals surface area (Å²) in [6, 6.07) is 1.72. The van der Waals surface area contributed by atoms with Gasteiger partial charge in [0, 0.05) is 24.3 Å². The second kappa shape index (κ2) is 5.82. The lowest BCUT2D eigenvalue weighted by Crippen LogP contribution is -2.44. The van der Waals surface area contributed by atoms with Crippen LogP contribution in [0.4, 0.5) is 5.95 Å². The number of aromatic nitrogens is 2. The van der Waals surface area contributed by atoms with Gasteiger partial charge in [0.1, 0.15) is 0 Å². The van der Waals surface area contributed by atoms with Crippen LogP contribution < -0.4 is 15.8 Å². The quantitative estimate of drug-likeness (QED) is 0.788. The molecule has 1 rings (SSSR count). The number of nitrogens with two attached hydrogens (primary N) is 1. The van der Waals surface area contributed by atoms with E-state index in [9.17, 15) is 0 Å². The SMILES string of the molecule is COc1ccnc(NC(C)(CN)CC(C)C)n1. The molecule has 0 aliphatic carbocycles. The van der Waals surface area contributed by atoms with E-state index in [1.807, 2.05) is 0 Å². The summed E-state index contributed by atoms with van der Waals surface area (Å²) in [6.45, 7) is 6.95. The first-order valence-electron chi connectivity index (χ1n) is 5.84. The number of hydrogen-bond acceptors (Lipinski definition) is 5. The van der Waals surface area contributed by atoms with Crippen molar-refractivity contribution in [1.29, 1.82) is 0 Å². The van der Waals surface area contributed by atoms with Crippen LogP contribution >= 0.6 is 0 Å². The van der Waals surface area contributed by atoms with Gasteiger partial charge >= 0.3 is 0 Å². The molecular formula is C12H22N4O. The molecule has 96 valence electrons. The van der Waals surface area contributed by atoms with Gasteiger partial charge in [-0.25, -0.2) is 4.98 Å². The van der Waals surface area contributed by atoms with Gasteiger partial charge in [-0.15, -0.1) is 0 Å². The number of methoxy groups -OCH3 is 1. The molecule has 17 heavy (non-hydrogen) atoms. The Bertz CT molecular complexity index is 356. The number of ether oxygens (including phenoxy) is 1. The van der Waals surface area contributed by atoms with Crippen molar-refractivity contribution in [3.63, 3.8) is 0 Å². The number of rotatable bonds is 6. The third kappa shape index (κ3) is 4.19. The Kier molecular flexibility index (Phi) is 4.69. The third-order valence-corrected chi connectivity index (χ3v) is 2.56. The van der Waals surface area contributed by atoms with Crippen LogP contribution in [0, 0.1) is 5.92 Å². The average molecular weight is 238 g/mol. The summed E-state index contributed by atoms with van der Waals surface area (Å²) < 4.78 is 5.06. The largest absolute Gasteiger partial charge is 0.481 e. The minimum absolute atomic E-state index is 0.194. The third-order valence-electron chi connectivity index (χ3n) is 2.56. The molecule has 0 amide bonds. The highest BCUT2D eigenvalue weighted by Crippen LogP contribution is 2.20. The van der Waals surface area contributed by atoms with Crippen molar-refractivity contribution in [3.8, 4) is 5.88 Å². The fourth-order valence-electron chi connectivity index (χ4n) is 1.87. The zero-order valence-electron chi connectivity index (χ0n) is 11.0. The molecule has 0 saturated carbocycles. The van der Waals surface area contributed by atoms with E-state index in [4.69, 9.17) is 10.5 Å². The normalized spacial score (nSPS) is 14.5. The molecule has 1 aromatic heterocycles. The molecule has 3 N–H and O–H groups in total. The van der Waals surface area contributed by atoms with Crippen LogP contribution in [0.25, 0.3) is 0 Å². The van der Waals surface area contributed by atoms with Gasteiger partial charge in [-0.1, -0.05) is 13.8 Å². The zero-order chi connectivity index (χ0) is 12.9.